The fraction of sp³-hybridized carbons (Fsp3) is 0.333. The maximum absolute atomic E-state index is 12.9. The monoisotopic (exact) mass is 445 g/mol. The quantitative estimate of drug-likeness (QED) is 0.706. The van der Waals surface area contributed by atoms with Gasteiger partial charge in [0.1, 0.15) is 0 Å². The second kappa shape index (κ2) is 8.79. The first kappa shape index (κ1) is 20.9. The van der Waals surface area contributed by atoms with Crippen LogP contribution in [0.15, 0.2) is 59.6 Å². The number of carbonyl (C=O) groups excluding carboxylic acids is 1. The normalized spacial score (nSPS) is 21.7. The van der Waals surface area contributed by atoms with Crippen LogP contribution in [0.2, 0.25) is 0 Å². The van der Waals surface area contributed by atoms with Crippen molar-refractivity contribution in [3.63, 3.8) is 0 Å². The van der Waals surface area contributed by atoms with Gasteiger partial charge in [-0.05, 0) is 29.8 Å². The van der Waals surface area contributed by atoms with Crippen LogP contribution in [0.5, 0.6) is 0 Å². The van der Waals surface area contributed by atoms with Crippen LogP contribution >= 0.6 is 11.8 Å². The van der Waals surface area contributed by atoms with E-state index in [1.807, 2.05) is 30.3 Å². The lowest BCUT2D eigenvalue weighted by Crippen LogP contribution is -2.33. The average Bonchev–Trinajstić information content (AvgIpc) is 3.21. The van der Waals surface area contributed by atoms with Gasteiger partial charge in [-0.3, -0.25) is 9.79 Å². The van der Waals surface area contributed by atoms with Crippen LogP contribution in [-0.4, -0.2) is 65.4 Å². The van der Waals surface area contributed by atoms with Gasteiger partial charge in [-0.15, -0.1) is 0 Å². The van der Waals surface area contributed by atoms with E-state index in [2.05, 4.69) is 10.3 Å². The molecule has 0 aliphatic carbocycles. The lowest BCUT2D eigenvalue weighted by molar-refractivity contribution is 0.0708. The summed E-state index contributed by atoms with van der Waals surface area (Å²) in [5, 5.41) is 13.3. The number of fused-ring (bicyclic) bond motifs is 1. The summed E-state index contributed by atoms with van der Waals surface area (Å²) in [5.74, 6) is 0.143. The third-order valence-corrected chi connectivity index (χ3v) is 8.22. The minimum Gasteiger partial charge on any atom is -0.395 e. The van der Waals surface area contributed by atoms with Crippen molar-refractivity contribution in [1.82, 2.24) is 4.90 Å². The number of aliphatic imine (C=N–C) groups is 1. The van der Waals surface area contributed by atoms with Crippen LogP contribution in [0.3, 0.4) is 0 Å². The number of aliphatic hydroxyl groups excluding tert-OH is 1. The van der Waals surface area contributed by atoms with Gasteiger partial charge in [-0.2, -0.15) is 0 Å². The molecule has 0 spiro atoms. The van der Waals surface area contributed by atoms with Crippen molar-refractivity contribution in [2.45, 2.75) is 17.8 Å². The summed E-state index contributed by atoms with van der Waals surface area (Å²) in [5.41, 5.74) is 2.33. The Balaban J connectivity index is 1.40. The number of sulfone groups is 1. The van der Waals surface area contributed by atoms with Gasteiger partial charge in [-0.1, -0.05) is 42.1 Å². The predicted octanol–water partition coefficient (Wildman–Crippen LogP) is 2.00. The third kappa shape index (κ3) is 4.85. The highest BCUT2D eigenvalue weighted by Crippen LogP contribution is 2.34. The fourth-order valence-electron chi connectivity index (χ4n) is 3.60. The zero-order valence-electron chi connectivity index (χ0n) is 16.3. The van der Waals surface area contributed by atoms with Crippen LogP contribution in [0.1, 0.15) is 15.9 Å². The van der Waals surface area contributed by atoms with E-state index in [0.29, 0.717) is 17.3 Å². The smallest absolute Gasteiger partial charge is 0.254 e. The zero-order valence-corrected chi connectivity index (χ0v) is 17.9. The molecule has 2 N–H and O–H groups in total. The highest BCUT2D eigenvalue weighted by atomic mass is 32.2. The van der Waals surface area contributed by atoms with E-state index in [9.17, 15) is 18.3 Å². The molecule has 2 aromatic carbocycles. The second-order valence-corrected chi connectivity index (χ2v) is 10.8. The minimum absolute atomic E-state index is 0.0108. The molecule has 0 bridgehead atoms. The molecule has 7 nitrogen and oxygen atoms in total. The average molecular weight is 446 g/mol. The molecule has 2 aliphatic rings. The molecule has 0 saturated carbocycles. The van der Waals surface area contributed by atoms with Crippen molar-refractivity contribution < 1.29 is 18.3 Å². The van der Waals surface area contributed by atoms with Gasteiger partial charge < -0.3 is 15.3 Å². The number of anilines is 1. The van der Waals surface area contributed by atoms with Gasteiger partial charge in [0.2, 0.25) is 0 Å². The minimum atomic E-state index is -2.97. The van der Waals surface area contributed by atoms with E-state index in [1.54, 1.807) is 29.2 Å². The summed E-state index contributed by atoms with van der Waals surface area (Å²) < 4.78 is 23.3. The first-order valence-electron chi connectivity index (χ1n) is 9.69. The van der Waals surface area contributed by atoms with E-state index in [0.717, 1.165) is 11.3 Å². The van der Waals surface area contributed by atoms with Gasteiger partial charge in [0.05, 0.1) is 24.2 Å². The summed E-state index contributed by atoms with van der Waals surface area (Å²) in [6.07, 6.45) is 0. The molecule has 4 rings (SSSR count). The number of nitrogens with one attached hydrogen (secondary N) is 1. The number of thioether (sulfide) groups is 1. The molecule has 0 aromatic heterocycles. The van der Waals surface area contributed by atoms with E-state index in [1.165, 1.54) is 11.8 Å². The summed E-state index contributed by atoms with van der Waals surface area (Å²) >= 11 is 1.46. The molecule has 2 aromatic rings. The lowest BCUT2D eigenvalue weighted by atomic mass is 10.1. The number of nitrogens with zero attached hydrogens (tertiary/aromatic N) is 2. The maximum atomic E-state index is 12.9. The largest absolute Gasteiger partial charge is 0.395 e. The van der Waals surface area contributed by atoms with Gasteiger partial charge in [0.15, 0.2) is 15.0 Å². The molecule has 158 valence electrons. The van der Waals surface area contributed by atoms with Gasteiger partial charge in [0.25, 0.3) is 5.91 Å². The van der Waals surface area contributed by atoms with Crippen LogP contribution in [0.4, 0.5) is 5.69 Å². The standard InChI is InChI=1S/C21H23N3O4S2/c25-11-10-24(12-15-4-2-1-3-5-15)20(26)16-6-8-17(9-7-16)22-21-23-18-13-30(27,28)14-19(18)29-21/h1-9,18-19,25H,10-14H2,(H,22,23)/t18-,19+/m0/s1. The number of carbonyl (C=O) groups is 1. The van der Waals surface area contributed by atoms with Crippen molar-refractivity contribution in [3.8, 4) is 0 Å². The van der Waals surface area contributed by atoms with E-state index >= 15 is 0 Å². The predicted molar refractivity (Wildman–Crippen MR) is 120 cm³/mol. The highest BCUT2D eigenvalue weighted by molar-refractivity contribution is 8.15. The molecule has 2 heterocycles. The van der Waals surface area contributed by atoms with Crippen molar-refractivity contribution in [2.24, 2.45) is 4.99 Å². The van der Waals surface area contributed by atoms with Crippen LogP contribution in [0.25, 0.3) is 0 Å². The summed E-state index contributed by atoms with van der Waals surface area (Å²) in [7, 11) is -2.97. The van der Waals surface area contributed by atoms with Gasteiger partial charge in [0, 0.05) is 29.6 Å². The lowest BCUT2D eigenvalue weighted by Gasteiger charge is -2.22. The Morgan fingerprint density at radius 1 is 1.13 bits per heavy atom. The van der Waals surface area contributed by atoms with Crippen molar-refractivity contribution in [2.75, 3.05) is 30.0 Å². The number of aliphatic hydroxyl groups is 1. The Morgan fingerprint density at radius 2 is 1.87 bits per heavy atom. The molecule has 0 radical (unpaired) electrons. The van der Waals surface area contributed by atoms with E-state index < -0.39 is 9.84 Å². The molecule has 2 aliphatic heterocycles. The molecule has 1 saturated heterocycles. The van der Waals surface area contributed by atoms with Crippen LogP contribution in [-0.2, 0) is 16.4 Å². The number of rotatable bonds is 6. The van der Waals surface area contributed by atoms with Gasteiger partial charge in [-0.25, -0.2) is 8.42 Å². The first-order chi connectivity index (χ1) is 14.4. The van der Waals surface area contributed by atoms with Gasteiger partial charge >= 0.3 is 0 Å². The Bertz CT molecular complexity index is 1040. The molecule has 9 heteroatoms. The fourth-order valence-corrected chi connectivity index (χ4v) is 7.27. The molecule has 0 unspecified atom stereocenters. The number of hydrogen-bond donors (Lipinski definition) is 2. The van der Waals surface area contributed by atoms with Crippen LogP contribution < -0.4 is 5.32 Å². The number of amides is 1. The van der Waals surface area contributed by atoms with Crippen molar-refractivity contribution in [3.05, 3.63) is 65.7 Å². The molecular weight excluding hydrogens is 422 g/mol. The van der Waals surface area contributed by atoms with E-state index in [-0.39, 0.29) is 41.9 Å². The SMILES string of the molecule is O=C(c1ccc(NC2=N[C@H]3CS(=O)(=O)C[C@H]3S2)cc1)N(CCO)Cc1ccccc1. The Morgan fingerprint density at radius 3 is 2.53 bits per heavy atom. The first-order valence-corrected chi connectivity index (χ1v) is 12.4. The third-order valence-electron chi connectivity index (χ3n) is 5.07. The summed E-state index contributed by atoms with van der Waals surface area (Å²) in [6.45, 7) is 0.583. The number of hydrogen-bond acceptors (Lipinski definition) is 7. The molecule has 30 heavy (non-hydrogen) atoms. The topological polar surface area (TPSA) is 99.1 Å². The molecule has 1 fully saturated rings. The Kier molecular flexibility index (Phi) is 6.12. The molecule has 1 amide bonds. The zero-order chi connectivity index (χ0) is 21.1. The van der Waals surface area contributed by atoms with Crippen molar-refractivity contribution in [1.29, 1.82) is 0 Å². The number of benzene rings is 2. The van der Waals surface area contributed by atoms with Crippen LogP contribution in [0, 0.1) is 0 Å². The van der Waals surface area contributed by atoms with Crippen molar-refractivity contribution >= 4 is 38.4 Å². The highest BCUT2D eigenvalue weighted by Gasteiger charge is 2.42. The van der Waals surface area contributed by atoms with E-state index in [4.69, 9.17) is 0 Å². The second-order valence-electron chi connectivity index (χ2n) is 7.37. The maximum Gasteiger partial charge on any atom is 0.254 e. The number of amidine groups is 1. The Labute approximate surface area is 180 Å². The summed E-state index contributed by atoms with van der Waals surface area (Å²) in [6, 6.07) is 16.6. The summed E-state index contributed by atoms with van der Waals surface area (Å²) in [4.78, 5) is 19.0. The molecule has 2 atom stereocenters. The Hall–Kier alpha value is -2.36. The molecular formula is C21H23N3O4S2.